The standard InChI is InChI=1S/C12H22O5S2/c1-3-18(13,14)11-7-5-9-17-10-6-8-12-19(15,16)4-2/h7-8,11-12H,3-6,9-10H2,1-2H3. The quantitative estimate of drug-likeness (QED) is 0.574. The van der Waals surface area contributed by atoms with Gasteiger partial charge >= 0.3 is 0 Å². The summed E-state index contributed by atoms with van der Waals surface area (Å²) < 4.78 is 49.6. The molecule has 0 bridgehead atoms. The molecule has 0 atom stereocenters. The molecule has 0 aromatic carbocycles. The molecule has 0 heterocycles. The van der Waals surface area contributed by atoms with Gasteiger partial charge < -0.3 is 4.74 Å². The van der Waals surface area contributed by atoms with Crippen molar-refractivity contribution in [2.45, 2.75) is 26.7 Å². The first-order valence-corrected chi connectivity index (χ1v) is 9.62. The Labute approximate surface area is 116 Å². The molecular formula is C12H22O5S2. The molecule has 0 aliphatic rings. The third-order valence-corrected chi connectivity index (χ3v) is 5.09. The van der Waals surface area contributed by atoms with Gasteiger partial charge in [0.2, 0.25) is 0 Å². The first kappa shape index (κ1) is 18.3. The Bertz CT molecular complexity index is 440. The SMILES string of the molecule is CCS(=O)(=O)C=CCCOCCC=CS(=O)(=O)CC. The lowest BCUT2D eigenvalue weighted by molar-refractivity contribution is 0.143. The van der Waals surface area contributed by atoms with Crippen molar-refractivity contribution >= 4 is 19.7 Å². The van der Waals surface area contributed by atoms with Crippen molar-refractivity contribution in [1.29, 1.82) is 0 Å². The Hall–Kier alpha value is -0.660. The van der Waals surface area contributed by atoms with Crippen LogP contribution in [0.5, 0.6) is 0 Å². The van der Waals surface area contributed by atoms with Crippen LogP contribution >= 0.6 is 0 Å². The van der Waals surface area contributed by atoms with E-state index < -0.39 is 19.7 Å². The Morgan fingerprint density at radius 3 is 1.47 bits per heavy atom. The van der Waals surface area contributed by atoms with E-state index in [4.69, 9.17) is 4.74 Å². The average Bonchev–Trinajstić information content (AvgIpc) is 2.36. The molecule has 0 saturated carbocycles. The molecule has 0 aromatic rings. The fourth-order valence-corrected chi connectivity index (χ4v) is 2.27. The van der Waals surface area contributed by atoms with Gasteiger partial charge in [0.05, 0.1) is 24.7 Å². The third-order valence-electron chi connectivity index (χ3n) is 2.27. The molecule has 0 N–H and O–H groups in total. The fourth-order valence-electron chi connectivity index (χ4n) is 1.03. The lowest BCUT2D eigenvalue weighted by Crippen LogP contribution is -1.99. The number of rotatable bonds is 10. The summed E-state index contributed by atoms with van der Waals surface area (Å²) in [7, 11) is -6.11. The minimum atomic E-state index is -3.05. The highest BCUT2D eigenvalue weighted by atomic mass is 32.2. The maximum absolute atomic E-state index is 11.1. The van der Waals surface area contributed by atoms with Crippen molar-refractivity contribution < 1.29 is 21.6 Å². The van der Waals surface area contributed by atoms with Crippen LogP contribution in [0.1, 0.15) is 26.7 Å². The molecule has 19 heavy (non-hydrogen) atoms. The molecule has 5 nitrogen and oxygen atoms in total. The molecule has 0 spiro atoms. The summed E-state index contributed by atoms with van der Waals surface area (Å²) in [5.41, 5.74) is 0. The maximum atomic E-state index is 11.1. The maximum Gasteiger partial charge on any atom is 0.171 e. The van der Waals surface area contributed by atoms with Gasteiger partial charge in [-0.05, 0) is 12.8 Å². The van der Waals surface area contributed by atoms with E-state index in [0.717, 1.165) is 0 Å². The van der Waals surface area contributed by atoms with E-state index in [2.05, 4.69) is 0 Å². The molecule has 0 aliphatic heterocycles. The van der Waals surface area contributed by atoms with Crippen LogP contribution < -0.4 is 0 Å². The number of hydrogen-bond acceptors (Lipinski definition) is 5. The van der Waals surface area contributed by atoms with Crippen LogP contribution in [-0.4, -0.2) is 41.6 Å². The van der Waals surface area contributed by atoms with E-state index in [0.29, 0.717) is 26.1 Å². The molecule has 0 rings (SSSR count). The van der Waals surface area contributed by atoms with Crippen LogP contribution in [0.4, 0.5) is 0 Å². The minimum absolute atomic E-state index is 0.0983. The van der Waals surface area contributed by atoms with Crippen molar-refractivity contribution in [1.82, 2.24) is 0 Å². The van der Waals surface area contributed by atoms with E-state index in [1.807, 2.05) is 0 Å². The Morgan fingerprint density at radius 1 is 0.789 bits per heavy atom. The Balaban J connectivity index is 3.68. The van der Waals surface area contributed by atoms with Crippen LogP contribution in [0, 0.1) is 0 Å². The van der Waals surface area contributed by atoms with Gasteiger partial charge in [0.15, 0.2) is 19.7 Å². The van der Waals surface area contributed by atoms with E-state index in [-0.39, 0.29) is 11.5 Å². The van der Waals surface area contributed by atoms with Crippen molar-refractivity contribution in [3.63, 3.8) is 0 Å². The lowest BCUT2D eigenvalue weighted by Gasteiger charge is -1.99. The van der Waals surface area contributed by atoms with Gasteiger partial charge in [-0.2, -0.15) is 0 Å². The summed E-state index contributed by atoms with van der Waals surface area (Å²) in [5.74, 6) is 0.197. The zero-order valence-corrected chi connectivity index (χ0v) is 13.0. The summed E-state index contributed by atoms with van der Waals surface area (Å²) in [6, 6.07) is 0. The van der Waals surface area contributed by atoms with Crippen LogP contribution in [-0.2, 0) is 24.4 Å². The number of hydrogen-bond donors (Lipinski definition) is 0. The average molecular weight is 310 g/mol. The monoisotopic (exact) mass is 310 g/mol. The first-order valence-electron chi connectivity index (χ1n) is 6.19. The van der Waals surface area contributed by atoms with Crippen molar-refractivity contribution in [2.75, 3.05) is 24.7 Å². The van der Waals surface area contributed by atoms with E-state index in [9.17, 15) is 16.8 Å². The zero-order valence-electron chi connectivity index (χ0n) is 11.4. The fraction of sp³-hybridized carbons (Fsp3) is 0.667. The lowest BCUT2D eigenvalue weighted by atomic mass is 10.4. The van der Waals surface area contributed by atoms with Gasteiger partial charge in [-0.3, -0.25) is 0 Å². The van der Waals surface area contributed by atoms with E-state index in [1.54, 1.807) is 26.0 Å². The predicted molar refractivity (Wildman–Crippen MR) is 77.3 cm³/mol. The molecule has 0 saturated heterocycles. The summed E-state index contributed by atoms with van der Waals surface area (Å²) in [5, 5.41) is 2.40. The summed E-state index contributed by atoms with van der Waals surface area (Å²) in [6.45, 7) is 4.02. The topological polar surface area (TPSA) is 77.5 Å². The van der Waals surface area contributed by atoms with Crippen LogP contribution in [0.15, 0.2) is 23.0 Å². The van der Waals surface area contributed by atoms with Crippen molar-refractivity contribution in [2.24, 2.45) is 0 Å². The highest BCUT2D eigenvalue weighted by Crippen LogP contribution is 1.96. The van der Waals surface area contributed by atoms with Gasteiger partial charge in [-0.25, -0.2) is 16.8 Å². The molecule has 7 heteroatoms. The van der Waals surface area contributed by atoms with Crippen molar-refractivity contribution in [3.8, 4) is 0 Å². The molecule has 0 radical (unpaired) electrons. The van der Waals surface area contributed by atoms with Crippen molar-refractivity contribution in [3.05, 3.63) is 23.0 Å². The normalized spacial score (nSPS) is 13.6. The van der Waals surface area contributed by atoms with E-state index in [1.165, 1.54) is 10.8 Å². The van der Waals surface area contributed by atoms with Crippen LogP contribution in [0.25, 0.3) is 0 Å². The summed E-state index contributed by atoms with van der Waals surface area (Å²) in [6.07, 6.45) is 4.18. The van der Waals surface area contributed by atoms with Gasteiger partial charge in [0, 0.05) is 10.8 Å². The van der Waals surface area contributed by atoms with Crippen LogP contribution in [0.3, 0.4) is 0 Å². The smallest absolute Gasteiger partial charge is 0.171 e. The van der Waals surface area contributed by atoms with Crippen LogP contribution in [0.2, 0.25) is 0 Å². The second-order valence-electron chi connectivity index (χ2n) is 3.84. The molecular weight excluding hydrogens is 288 g/mol. The van der Waals surface area contributed by atoms with Gasteiger partial charge in [-0.15, -0.1) is 0 Å². The zero-order chi connectivity index (χ0) is 14.8. The van der Waals surface area contributed by atoms with Gasteiger partial charge in [-0.1, -0.05) is 26.0 Å². The molecule has 0 fully saturated rings. The third kappa shape index (κ3) is 10.9. The largest absolute Gasteiger partial charge is 0.381 e. The van der Waals surface area contributed by atoms with Gasteiger partial charge in [0.1, 0.15) is 0 Å². The predicted octanol–water partition coefficient (Wildman–Crippen LogP) is 1.68. The molecule has 112 valence electrons. The highest BCUT2D eigenvalue weighted by Gasteiger charge is 1.99. The molecule has 0 aliphatic carbocycles. The van der Waals surface area contributed by atoms with E-state index >= 15 is 0 Å². The highest BCUT2D eigenvalue weighted by molar-refractivity contribution is 7.94. The first-order chi connectivity index (χ1) is 8.83. The summed E-state index contributed by atoms with van der Waals surface area (Å²) in [4.78, 5) is 0. The van der Waals surface area contributed by atoms with Gasteiger partial charge in [0.25, 0.3) is 0 Å². The Morgan fingerprint density at radius 2 is 1.16 bits per heavy atom. The molecule has 0 unspecified atom stereocenters. The second-order valence-corrected chi connectivity index (χ2v) is 8.19. The number of sulfone groups is 2. The molecule has 0 aromatic heterocycles. The summed E-state index contributed by atoms with van der Waals surface area (Å²) >= 11 is 0. The minimum Gasteiger partial charge on any atom is -0.381 e. The molecule has 0 amide bonds. The second kappa shape index (κ2) is 9.28. The Kier molecular flexibility index (Phi) is 8.95. The number of ether oxygens (including phenoxy) is 1.